The standard InChI is InChI=1S/C32H39N5O3/c1-19-9-14-27-26(33-18-32(4,5)40)17-30(35-25-7-6-8-29(38)21(25)3)36-37(27)28(15-19)22-10-13-24(20(2)16-22)31(39)34-23-11-12-23/h6-8,10,13-16,19,23,38,40H,9,11-12,17-18H2,1-5H3,(H,34,39)(H,35,36). The number of fused-ring (bicyclic) bond motifs is 1. The molecule has 1 saturated heterocycles. The average molecular weight is 542 g/mol. The first-order chi connectivity index (χ1) is 19.0. The number of aromatic hydroxyl groups is 1. The highest BCUT2D eigenvalue weighted by Crippen LogP contribution is 2.34. The molecule has 0 aromatic heterocycles. The molecule has 1 aliphatic carbocycles. The molecule has 40 heavy (non-hydrogen) atoms. The Morgan fingerprint density at radius 3 is 2.65 bits per heavy atom. The van der Waals surface area contributed by atoms with Gasteiger partial charge in [0.25, 0.3) is 5.91 Å². The molecule has 2 heterocycles. The number of aliphatic imine (C=N–C) groups is 2. The first kappa shape index (κ1) is 27.6. The van der Waals surface area contributed by atoms with Crippen molar-refractivity contribution in [3.05, 3.63) is 76.5 Å². The molecule has 0 bridgehead atoms. The Balaban J connectivity index is 1.56. The number of allylic oxidation sites excluding steroid dienone is 3. The Kier molecular flexibility index (Phi) is 7.55. The number of hydrazine groups is 1. The van der Waals surface area contributed by atoms with Crippen LogP contribution in [-0.4, -0.2) is 50.9 Å². The second kappa shape index (κ2) is 10.9. The van der Waals surface area contributed by atoms with Gasteiger partial charge in [0.1, 0.15) is 11.6 Å². The summed E-state index contributed by atoms with van der Waals surface area (Å²) in [6.07, 6.45) is 7.79. The van der Waals surface area contributed by atoms with Gasteiger partial charge in [0, 0.05) is 22.7 Å². The Morgan fingerprint density at radius 2 is 1.95 bits per heavy atom. The van der Waals surface area contributed by atoms with E-state index >= 15 is 0 Å². The highest BCUT2D eigenvalue weighted by atomic mass is 16.3. The minimum absolute atomic E-state index is 0.0246. The van der Waals surface area contributed by atoms with Gasteiger partial charge in [0.15, 0.2) is 0 Å². The van der Waals surface area contributed by atoms with E-state index in [4.69, 9.17) is 9.98 Å². The van der Waals surface area contributed by atoms with Gasteiger partial charge in [-0.1, -0.05) is 31.2 Å². The fourth-order valence-corrected chi connectivity index (χ4v) is 4.88. The number of carbonyl (C=O) groups is 1. The van der Waals surface area contributed by atoms with E-state index < -0.39 is 5.60 Å². The van der Waals surface area contributed by atoms with Crippen LogP contribution in [-0.2, 0) is 0 Å². The third-order valence-corrected chi connectivity index (χ3v) is 7.35. The topological polar surface area (TPSA) is 110 Å². The van der Waals surface area contributed by atoms with Gasteiger partial charge in [-0.15, -0.1) is 0 Å². The summed E-state index contributed by atoms with van der Waals surface area (Å²) in [6.45, 7) is 9.75. The maximum atomic E-state index is 12.8. The first-order valence-corrected chi connectivity index (χ1v) is 14.0. The van der Waals surface area contributed by atoms with Gasteiger partial charge in [-0.05, 0) is 82.7 Å². The summed E-state index contributed by atoms with van der Waals surface area (Å²) in [7, 11) is 0. The quantitative estimate of drug-likeness (QED) is 0.396. The van der Waals surface area contributed by atoms with Crippen LogP contribution in [0, 0.1) is 19.8 Å². The maximum Gasteiger partial charge on any atom is 0.251 e. The molecule has 5 rings (SSSR count). The van der Waals surface area contributed by atoms with Gasteiger partial charge in [-0.2, -0.15) is 0 Å². The van der Waals surface area contributed by atoms with Crippen LogP contribution in [0.4, 0.5) is 5.69 Å². The highest BCUT2D eigenvalue weighted by molar-refractivity contribution is 6.15. The molecule has 4 N–H and O–H groups in total. The lowest BCUT2D eigenvalue weighted by atomic mass is 9.99. The fourth-order valence-electron chi connectivity index (χ4n) is 4.88. The van der Waals surface area contributed by atoms with Crippen molar-refractivity contribution in [3.8, 4) is 5.75 Å². The van der Waals surface area contributed by atoms with Crippen molar-refractivity contribution in [2.75, 3.05) is 6.54 Å². The van der Waals surface area contributed by atoms with Crippen molar-refractivity contribution < 1.29 is 15.0 Å². The zero-order chi connectivity index (χ0) is 28.6. The van der Waals surface area contributed by atoms with E-state index in [1.54, 1.807) is 26.0 Å². The number of nitrogens with one attached hydrogen (secondary N) is 2. The Bertz CT molecular complexity index is 1440. The van der Waals surface area contributed by atoms with E-state index in [9.17, 15) is 15.0 Å². The van der Waals surface area contributed by atoms with Crippen LogP contribution in [0.25, 0.3) is 5.70 Å². The second-order valence-electron chi connectivity index (χ2n) is 11.8. The number of carbonyl (C=O) groups excluding carboxylic acids is 1. The number of hydrogen-bond donors (Lipinski definition) is 4. The third kappa shape index (κ3) is 6.28. The molecule has 1 amide bonds. The van der Waals surface area contributed by atoms with Gasteiger partial charge >= 0.3 is 0 Å². The van der Waals surface area contributed by atoms with Crippen LogP contribution in [0.1, 0.15) is 73.5 Å². The van der Waals surface area contributed by atoms with Crippen LogP contribution in [0.2, 0.25) is 0 Å². The molecule has 2 fully saturated rings. The van der Waals surface area contributed by atoms with Gasteiger partial charge in [0.05, 0.1) is 41.4 Å². The molecule has 2 aliphatic heterocycles. The summed E-state index contributed by atoms with van der Waals surface area (Å²) in [4.78, 5) is 22.5. The number of benzene rings is 2. The molecule has 1 saturated carbocycles. The number of hydrogen-bond acceptors (Lipinski definition) is 6. The Morgan fingerprint density at radius 1 is 1.18 bits per heavy atom. The molecular weight excluding hydrogens is 502 g/mol. The van der Waals surface area contributed by atoms with E-state index in [0.29, 0.717) is 35.1 Å². The number of nitrogens with zero attached hydrogens (tertiary/aromatic N) is 3. The van der Waals surface area contributed by atoms with Crippen LogP contribution in [0.15, 0.2) is 64.2 Å². The molecule has 0 radical (unpaired) electrons. The summed E-state index contributed by atoms with van der Waals surface area (Å²) < 4.78 is 0. The number of aryl methyl sites for hydroxylation is 1. The van der Waals surface area contributed by atoms with Crippen molar-refractivity contribution in [3.63, 3.8) is 0 Å². The predicted octanol–water partition coefficient (Wildman–Crippen LogP) is 5.32. The second-order valence-corrected chi connectivity index (χ2v) is 11.8. The number of amides is 1. The number of rotatable bonds is 6. The van der Waals surface area contributed by atoms with E-state index in [1.165, 1.54) is 0 Å². The lowest BCUT2D eigenvalue weighted by Crippen LogP contribution is -2.48. The van der Waals surface area contributed by atoms with Crippen molar-refractivity contribution in [2.24, 2.45) is 15.9 Å². The molecular formula is C32H39N5O3. The van der Waals surface area contributed by atoms with Crippen LogP contribution in [0.5, 0.6) is 5.75 Å². The van der Waals surface area contributed by atoms with Gasteiger partial charge in [-0.3, -0.25) is 20.2 Å². The molecule has 1 unspecified atom stereocenters. The molecule has 210 valence electrons. The Hall–Kier alpha value is -3.91. The van der Waals surface area contributed by atoms with Crippen LogP contribution < -0.4 is 10.7 Å². The molecule has 0 spiro atoms. The predicted molar refractivity (Wildman–Crippen MR) is 160 cm³/mol. The normalized spacial score (nSPS) is 21.4. The summed E-state index contributed by atoms with van der Waals surface area (Å²) in [5.41, 5.74) is 9.23. The van der Waals surface area contributed by atoms with Gasteiger partial charge < -0.3 is 15.5 Å². The van der Waals surface area contributed by atoms with Gasteiger partial charge in [0.2, 0.25) is 0 Å². The highest BCUT2D eigenvalue weighted by Gasteiger charge is 2.31. The van der Waals surface area contributed by atoms with Gasteiger partial charge in [-0.25, -0.2) is 4.99 Å². The molecule has 2 aromatic rings. The zero-order valence-electron chi connectivity index (χ0n) is 24.0. The number of aliphatic hydroxyl groups is 1. The molecule has 1 atom stereocenters. The van der Waals surface area contributed by atoms with E-state index in [0.717, 1.165) is 47.5 Å². The SMILES string of the molecule is Cc1cc(C2=CC(C)CC=C3C(=NCC(C)(C)O)CC(=Nc4cccc(O)c4C)NN32)ccc1C(=O)NC1CC1. The largest absolute Gasteiger partial charge is 0.508 e. The average Bonchev–Trinajstić information content (AvgIpc) is 3.72. The minimum Gasteiger partial charge on any atom is -0.508 e. The molecule has 2 aromatic carbocycles. The van der Waals surface area contributed by atoms with Crippen molar-refractivity contribution in [1.29, 1.82) is 0 Å². The lowest BCUT2D eigenvalue weighted by Gasteiger charge is -2.36. The Labute approximate surface area is 236 Å². The number of phenols is 1. The summed E-state index contributed by atoms with van der Waals surface area (Å²) in [5.74, 6) is 1.11. The summed E-state index contributed by atoms with van der Waals surface area (Å²) in [6, 6.07) is 11.6. The molecule has 8 heteroatoms. The summed E-state index contributed by atoms with van der Waals surface area (Å²) >= 11 is 0. The fraction of sp³-hybridized carbons (Fsp3) is 0.406. The number of amidine groups is 1. The van der Waals surface area contributed by atoms with E-state index in [2.05, 4.69) is 35.9 Å². The monoisotopic (exact) mass is 541 g/mol. The maximum absolute atomic E-state index is 12.8. The van der Waals surface area contributed by atoms with E-state index in [-0.39, 0.29) is 24.1 Å². The zero-order valence-corrected chi connectivity index (χ0v) is 24.0. The van der Waals surface area contributed by atoms with Crippen LogP contribution >= 0.6 is 0 Å². The number of phenolic OH excluding ortho intramolecular Hbond substituents is 1. The third-order valence-electron chi connectivity index (χ3n) is 7.35. The lowest BCUT2D eigenvalue weighted by molar-refractivity contribution is 0.0902. The minimum atomic E-state index is -0.951. The van der Waals surface area contributed by atoms with Crippen molar-refractivity contribution in [2.45, 2.75) is 71.9 Å². The summed E-state index contributed by atoms with van der Waals surface area (Å²) in [5, 5.41) is 25.8. The molecule has 8 nitrogen and oxygen atoms in total. The van der Waals surface area contributed by atoms with Crippen molar-refractivity contribution >= 4 is 28.8 Å². The first-order valence-electron chi connectivity index (χ1n) is 14.0. The smallest absolute Gasteiger partial charge is 0.251 e. The van der Waals surface area contributed by atoms with E-state index in [1.807, 2.05) is 37.1 Å². The van der Waals surface area contributed by atoms with Crippen LogP contribution in [0.3, 0.4) is 0 Å². The molecule has 3 aliphatic rings. The van der Waals surface area contributed by atoms with Crippen molar-refractivity contribution in [1.82, 2.24) is 15.8 Å².